The maximum atomic E-state index is 5.55. The molecule has 2 aromatic rings. The molecule has 8 heteroatoms. The average Bonchev–Trinajstić information content (AvgIpc) is 2.85. The number of thioether (sulfide) groups is 1. The monoisotopic (exact) mass is 309 g/mol. The molecule has 0 aromatic carbocycles. The van der Waals surface area contributed by atoms with Crippen LogP contribution in [0.5, 0.6) is 11.5 Å². The Kier molecular flexibility index (Phi) is 5.40. The Bertz CT molecular complexity index is 602. The lowest BCUT2D eigenvalue weighted by atomic mass is 10.3. The van der Waals surface area contributed by atoms with Gasteiger partial charge in [0.05, 0.1) is 19.9 Å². The molecule has 114 valence electrons. The van der Waals surface area contributed by atoms with Gasteiger partial charge in [-0.25, -0.2) is 0 Å². The summed E-state index contributed by atoms with van der Waals surface area (Å²) >= 11 is 1.55. The number of nitrogens with two attached hydrogens (primary N) is 1. The van der Waals surface area contributed by atoms with Gasteiger partial charge in [0.25, 0.3) is 0 Å². The second-order valence-corrected chi connectivity index (χ2v) is 5.22. The summed E-state index contributed by atoms with van der Waals surface area (Å²) in [6.07, 6.45) is 2.42. The van der Waals surface area contributed by atoms with Crippen molar-refractivity contribution in [2.75, 3.05) is 20.8 Å². The Balaban J connectivity index is 2.13. The zero-order valence-electron chi connectivity index (χ0n) is 12.4. The SMILES string of the molecule is COc1ccnc(CSc2nnc(CCN)n2C)c1OC. The average molecular weight is 309 g/mol. The smallest absolute Gasteiger partial charge is 0.191 e. The Hall–Kier alpha value is -1.80. The van der Waals surface area contributed by atoms with E-state index in [1.54, 1.807) is 38.2 Å². The predicted octanol–water partition coefficient (Wildman–Crippen LogP) is 1.02. The molecule has 0 aliphatic rings. The largest absolute Gasteiger partial charge is 0.493 e. The molecule has 7 nitrogen and oxygen atoms in total. The number of methoxy groups -OCH3 is 2. The van der Waals surface area contributed by atoms with Crippen LogP contribution in [0.3, 0.4) is 0 Å². The molecule has 0 unspecified atom stereocenters. The lowest BCUT2D eigenvalue weighted by molar-refractivity contribution is 0.350. The second-order valence-electron chi connectivity index (χ2n) is 4.28. The van der Waals surface area contributed by atoms with E-state index in [1.807, 2.05) is 11.6 Å². The van der Waals surface area contributed by atoms with E-state index in [0.29, 0.717) is 30.2 Å². The number of hydrogen-bond donors (Lipinski definition) is 1. The predicted molar refractivity (Wildman–Crippen MR) is 80.7 cm³/mol. The second kappa shape index (κ2) is 7.28. The zero-order valence-corrected chi connectivity index (χ0v) is 13.2. The van der Waals surface area contributed by atoms with Crippen LogP contribution in [0.4, 0.5) is 0 Å². The van der Waals surface area contributed by atoms with Gasteiger partial charge in [0, 0.05) is 31.5 Å². The molecule has 0 fully saturated rings. The topological polar surface area (TPSA) is 88.1 Å². The summed E-state index contributed by atoms with van der Waals surface area (Å²) < 4.78 is 12.6. The van der Waals surface area contributed by atoms with Crippen LogP contribution in [-0.2, 0) is 19.2 Å². The van der Waals surface area contributed by atoms with Gasteiger partial charge >= 0.3 is 0 Å². The Morgan fingerprint density at radius 3 is 2.76 bits per heavy atom. The van der Waals surface area contributed by atoms with Gasteiger partial charge in [0.2, 0.25) is 0 Å². The van der Waals surface area contributed by atoms with E-state index in [1.165, 1.54) is 0 Å². The fourth-order valence-corrected chi connectivity index (χ4v) is 2.77. The first kappa shape index (κ1) is 15.6. The Labute approximate surface area is 127 Å². The van der Waals surface area contributed by atoms with Gasteiger partial charge in [0.15, 0.2) is 16.7 Å². The van der Waals surface area contributed by atoms with Crippen molar-refractivity contribution >= 4 is 11.8 Å². The minimum Gasteiger partial charge on any atom is -0.493 e. The van der Waals surface area contributed by atoms with Crippen LogP contribution in [0, 0.1) is 0 Å². The molecule has 0 radical (unpaired) electrons. The Morgan fingerprint density at radius 2 is 2.10 bits per heavy atom. The maximum Gasteiger partial charge on any atom is 0.191 e. The van der Waals surface area contributed by atoms with Crippen molar-refractivity contribution in [1.82, 2.24) is 19.7 Å². The van der Waals surface area contributed by atoms with Gasteiger partial charge in [-0.1, -0.05) is 11.8 Å². The van der Waals surface area contributed by atoms with Gasteiger partial charge in [-0.3, -0.25) is 4.98 Å². The van der Waals surface area contributed by atoms with Gasteiger partial charge in [-0.15, -0.1) is 10.2 Å². The third kappa shape index (κ3) is 3.45. The van der Waals surface area contributed by atoms with E-state index >= 15 is 0 Å². The third-order valence-corrected chi connectivity index (χ3v) is 4.03. The maximum absolute atomic E-state index is 5.55. The normalized spacial score (nSPS) is 10.7. The third-order valence-electron chi connectivity index (χ3n) is 3.00. The van der Waals surface area contributed by atoms with Crippen molar-refractivity contribution < 1.29 is 9.47 Å². The Morgan fingerprint density at radius 1 is 1.29 bits per heavy atom. The van der Waals surface area contributed by atoms with Crippen molar-refractivity contribution in [3.05, 3.63) is 23.8 Å². The van der Waals surface area contributed by atoms with E-state index in [0.717, 1.165) is 16.7 Å². The first-order valence-electron chi connectivity index (χ1n) is 6.48. The first-order chi connectivity index (χ1) is 10.2. The summed E-state index contributed by atoms with van der Waals surface area (Å²) in [6, 6.07) is 1.77. The van der Waals surface area contributed by atoms with E-state index in [2.05, 4.69) is 15.2 Å². The number of ether oxygens (including phenoxy) is 2. The molecule has 0 amide bonds. The fraction of sp³-hybridized carbons (Fsp3) is 0.462. The molecule has 2 heterocycles. The van der Waals surface area contributed by atoms with E-state index in [4.69, 9.17) is 15.2 Å². The molecule has 0 saturated carbocycles. The number of aromatic nitrogens is 4. The number of rotatable bonds is 7. The molecule has 0 aliphatic carbocycles. The van der Waals surface area contributed by atoms with E-state index in [9.17, 15) is 0 Å². The zero-order chi connectivity index (χ0) is 15.2. The number of hydrogen-bond acceptors (Lipinski definition) is 7. The van der Waals surface area contributed by atoms with Crippen molar-refractivity contribution in [2.24, 2.45) is 12.8 Å². The van der Waals surface area contributed by atoms with Gasteiger partial charge in [-0.2, -0.15) is 0 Å². The van der Waals surface area contributed by atoms with Crippen LogP contribution in [0.2, 0.25) is 0 Å². The van der Waals surface area contributed by atoms with Crippen molar-refractivity contribution in [1.29, 1.82) is 0 Å². The summed E-state index contributed by atoms with van der Waals surface area (Å²) in [6.45, 7) is 0.557. The van der Waals surface area contributed by atoms with E-state index < -0.39 is 0 Å². The van der Waals surface area contributed by atoms with Gasteiger partial charge in [-0.05, 0) is 6.54 Å². The molecule has 0 bridgehead atoms. The van der Waals surface area contributed by atoms with Crippen LogP contribution in [0.25, 0.3) is 0 Å². The highest BCUT2D eigenvalue weighted by molar-refractivity contribution is 7.98. The molecular weight excluding hydrogens is 290 g/mol. The van der Waals surface area contributed by atoms with Crippen LogP contribution in [-0.4, -0.2) is 40.5 Å². The lowest BCUT2D eigenvalue weighted by Gasteiger charge is -2.11. The van der Waals surface area contributed by atoms with Gasteiger partial charge in [0.1, 0.15) is 5.82 Å². The van der Waals surface area contributed by atoms with Crippen LogP contribution < -0.4 is 15.2 Å². The minimum absolute atomic E-state index is 0.557. The van der Waals surface area contributed by atoms with E-state index in [-0.39, 0.29) is 0 Å². The molecule has 0 spiro atoms. The lowest BCUT2D eigenvalue weighted by Crippen LogP contribution is -2.08. The molecule has 2 aromatic heterocycles. The summed E-state index contributed by atoms with van der Waals surface area (Å²) in [5, 5.41) is 9.12. The highest BCUT2D eigenvalue weighted by Crippen LogP contribution is 2.32. The molecule has 0 aliphatic heterocycles. The number of pyridine rings is 1. The quantitative estimate of drug-likeness (QED) is 0.764. The van der Waals surface area contributed by atoms with Gasteiger partial charge < -0.3 is 19.8 Å². The fourth-order valence-electron chi connectivity index (χ4n) is 1.90. The highest BCUT2D eigenvalue weighted by atomic mass is 32.2. The summed E-state index contributed by atoms with van der Waals surface area (Å²) in [4.78, 5) is 4.34. The summed E-state index contributed by atoms with van der Waals surface area (Å²) in [5.41, 5.74) is 6.36. The minimum atomic E-state index is 0.557. The highest BCUT2D eigenvalue weighted by Gasteiger charge is 2.14. The van der Waals surface area contributed by atoms with Crippen LogP contribution >= 0.6 is 11.8 Å². The molecule has 0 saturated heterocycles. The number of nitrogens with zero attached hydrogens (tertiary/aromatic N) is 4. The van der Waals surface area contributed by atoms with Crippen molar-refractivity contribution in [2.45, 2.75) is 17.3 Å². The molecular formula is C13H19N5O2S. The standard InChI is InChI=1S/C13H19N5O2S/c1-18-11(4-6-14)16-17-13(18)21-8-9-12(20-3)10(19-2)5-7-15-9/h5,7H,4,6,8,14H2,1-3H3. The van der Waals surface area contributed by atoms with Crippen molar-refractivity contribution in [3.8, 4) is 11.5 Å². The molecule has 21 heavy (non-hydrogen) atoms. The summed E-state index contributed by atoms with van der Waals surface area (Å²) in [7, 11) is 5.15. The van der Waals surface area contributed by atoms with Crippen LogP contribution in [0.15, 0.2) is 17.4 Å². The van der Waals surface area contributed by atoms with Crippen LogP contribution in [0.1, 0.15) is 11.5 Å². The van der Waals surface area contributed by atoms with Crippen molar-refractivity contribution in [3.63, 3.8) is 0 Å². The first-order valence-corrected chi connectivity index (χ1v) is 7.46. The molecule has 0 atom stereocenters. The molecule has 2 N–H and O–H groups in total. The molecule has 2 rings (SSSR count). The summed E-state index contributed by atoms with van der Waals surface area (Å²) in [5.74, 6) is 2.82.